The van der Waals surface area contributed by atoms with Gasteiger partial charge in [-0.1, -0.05) is 0 Å². The van der Waals surface area contributed by atoms with E-state index in [1.807, 2.05) is 13.0 Å². The van der Waals surface area contributed by atoms with Crippen molar-refractivity contribution in [1.29, 1.82) is 0 Å². The number of hydrogen-bond acceptors (Lipinski definition) is 3. The standard InChI is InChI=1S/C12H18N2O/c1-3-15-11-4-5-12(9(2)6-11)14-10-7-13-8-10/h4-6,10,13-14H,3,7-8H2,1-2H3. The second-order valence-corrected chi connectivity index (χ2v) is 3.91. The molecule has 2 N–H and O–H groups in total. The van der Waals surface area contributed by atoms with Crippen molar-refractivity contribution in [3.8, 4) is 5.75 Å². The van der Waals surface area contributed by atoms with E-state index < -0.39 is 0 Å². The van der Waals surface area contributed by atoms with Crippen LogP contribution in [0, 0.1) is 6.92 Å². The molecule has 0 unspecified atom stereocenters. The van der Waals surface area contributed by atoms with Gasteiger partial charge in [-0.25, -0.2) is 0 Å². The van der Waals surface area contributed by atoms with Crippen molar-refractivity contribution in [2.24, 2.45) is 0 Å². The first kappa shape index (κ1) is 10.3. The summed E-state index contributed by atoms with van der Waals surface area (Å²) in [6.07, 6.45) is 0. The minimum atomic E-state index is 0.585. The summed E-state index contributed by atoms with van der Waals surface area (Å²) in [6.45, 7) is 6.95. The van der Waals surface area contributed by atoms with Gasteiger partial charge in [0, 0.05) is 18.8 Å². The van der Waals surface area contributed by atoms with E-state index in [1.54, 1.807) is 0 Å². The van der Waals surface area contributed by atoms with Gasteiger partial charge in [0.1, 0.15) is 5.75 Å². The topological polar surface area (TPSA) is 33.3 Å². The summed E-state index contributed by atoms with van der Waals surface area (Å²) in [5.41, 5.74) is 2.46. The van der Waals surface area contributed by atoms with Crippen LogP contribution in [0.25, 0.3) is 0 Å². The summed E-state index contributed by atoms with van der Waals surface area (Å²) < 4.78 is 5.45. The van der Waals surface area contributed by atoms with Gasteiger partial charge in [-0.2, -0.15) is 0 Å². The second kappa shape index (κ2) is 4.53. The van der Waals surface area contributed by atoms with Crippen molar-refractivity contribution < 1.29 is 4.74 Å². The molecular formula is C12H18N2O. The molecular weight excluding hydrogens is 188 g/mol. The summed E-state index contributed by atoms with van der Waals surface area (Å²) in [5, 5.41) is 6.74. The third-order valence-corrected chi connectivity index (χ3v) is 2.65. The fraction of sp³-hybridized carbons (Fsp3) is 0.500. The first-order valence-corrected chi connectivity index (χ1v) is 5.50. The molecule has 0 atom stereocenters. The van der Waals surface area contributed by atoms with Crippen LogP contribution in [-0.4, -0.2) is 25.7 Å². The molecule has 0 saturated carbocycles. The smallest absolute Gasteiger partial charge is 0.119 e. The molecule has 1 aliphatic rings. The second-order valence-electron chi connectivity index (χ2n) is 3.91. The molecule has 0 aromatic heterocycles. The van der Waals surface area contributed by atoms with Crippen LogP contribution in [0.1, 0.15) is 12.5 Å². The van der Waals surface area contributed by atoms with Crippen molar-refractivity contribution in [3.63, 3.8) is 0 Å². The molecule has 1 fully saturated rings. The molecule has 82 valence electrons. The van der Waals surface area contributed by atoms with Crippen LogP contribution in [-0.2, 0) is 0 Å². The minimum Gasteiger partial charge on any atom is -0.494 e. The van der Waals surface area contributed by atoms with E-state index in [0.717, 1.165) is 25.4 Å². The Morgan fingerprint density at radius 2 is 2.27 bits per heavy atom. The lowest BCUT2D eigenvalue weighted by molar-refractivity contribution is 0.340. The number of ether oxygens (including phenoxy) is 1. The first-order valence-electron chi connectivity index (χ1n) is 5.50. The molecule has 1 aliphatic heterocycles. The molecule has 0 bridgehead atoms. The highest BCUT2D eigenvalue weighted by Gasteiger charge is 2.16. The quantitative estimate of drug-likeness (QED) is 0.787. The zero-order chi connectivity index (χ0) is 10.7. The lowest BCUT2D eigenvalue weighted by atomic mass is 10.1. The molecule has 1 aromatic rings. The molecule has 0 spiro atoms. The van der Waals surface area contributed by atoms with Gasteiger partial charge in [-0.05, 0) is 37.6 Å². The van der Waals surface area contributed by atoms with Crippen LogP contribution < -0.4 is 15.4 Å². The monoisotopic (exact) mass is 206 g/mol. The fourth-order valence-corrected chi connectivity index (χ4v) is 1.67. The van der Waals surface area contributed by atoms with Gasteiger partial charge in [0.25, 0.3) is 0 Å². The van der Waals surface area contributed by atoms with Gasteiger partial charge in [-0.15, -0.1) is 0 Å². The summed E-state index contributed by atoms with van der Waals surface area (Å²) in [6, 6.07) is 6.78. The van der Waals surface area contributed by atoms with Gasteiger partial charge in [0.05, 0.1) is 12.6 Å². The molecule has 1 aromatic carbocycles. The van der Waals surface area contributed by atoms with E-state index in [-0.39, 0.29) is 0 Å². The van der Waals surface area contributed by atoms with E-state index in [2.05, 4.69) is 29.7 Å². The Bertz CT molecular complexity index is 334. The number of benzene rings is 1. The maximum atomic E-state index is 5.45. The van der Waals surface area contributed by atoms with Crippen LogP contribution >= 0.6 is 0 Å². The maximum absolute atomic E-state index is 5.45. The lowest BCUT2D eigenvalue weighted by Crippen LogP contribution is -2.51. The van der Waals surface area contributed by atoms with E-state index in [9.17, 15) is 0 Å². The Hall–Kier alpha value is -1.22. The van der Waals surface area contributed by atoms with Gasteiger partial charge in [0.2, 0.25) is 0 Å². The molecule has 1 saturated heterocycles. The molecule has 0 amide bonds. The summed E-state index contributed by atoms with van der Waals surface area (Å²) >= 11 is 0. The number of rotatable bonds is 4. The Morgan fingerprint density at radius 1 is 1.47 bits per heavy atom. The van der Waals surface area contributed by atoms with Crippen LogP contribution in [0.3, 0.4) is 0 Å². The van der Waals surface area contributed by atoms with E-state index in [4.69, 9.17) is 4.74 Å². The molecule has 1 heterocycles. The highest BCUT2D eigenvalue weighted by atomic mass is 16.5. The van der Waals surface area contributed by atoms with E-state index in [1.165, 1.54) is 11.3 Å². The SMILES string of the molecule is CCOc1ccc(NC2CNC2)c(C)c1. The molecule has 15 heavy (non-hydrogen) atoms. The number of nitrogens with one attached hydrogen (secondary N) is 2. The normalized spacial score (nSPS) is 15.9. The minimum absolute atomic E-state index is 0.585. The van der Waals surface area contributed by atoms with Crippen molar-refractivity contribution in [1.82, 2.24) is 5.32 Å². The molecule has 3 heteroatoms. The molecule has 0 aliphatic carbocycles. The number of hydrogen-bond donors (Lipinski definition) is 2. The summed E-state index contributed by atoms with van der Waals surface area (Å²) in [7, 11) is 0. The fourth-order valence-electron chi connectivity index (χ4n) is 1.67. The maximum Gasteiger partial charge on any atom is 0.119 e. The average Bonchev–Trinajstić information content (AvgIpc) is 2.14. The van der Waals surface area contributed by atoms with Crippen LogP contribution in [0.5, 0.6) is 5.75 Å². The first-order chi connectivity index (χ1) is 7.29. The van der Waals surface area contributed by atoms with E-state index in [0.29, 0.717) is 6.04 Å². The predicted molar refractivity (Wildman–Crippen MR) is 62.6 cm³/mol. The number of aryl methyl sites for hydroxylation is 1. The van der Waals surface area contributed by atoms with E-state index >= 15 is 0 Å². The molecule has 3 nitrogen and oxygen atoms in total. The van der Waals surface area contributed by atoms with Crippen LogP contribution in [0.2, 0.25) is 0 Å². The summed E-state index contributed by atoms with van der Waals surface area (Å²) in [5.74, 6) is 0.951. The average molecular weight is 206 g/mol. The van der Waals surface area contributed by atoms with Crippen molar-refractivity contribution in [3.05, 3.63) is 23.8 Å². The van der Waals surface area contributed by atoms with Gasteiger partial charge in [0.15, 0.2) is 0 Å². The zero-order valence-electron chi connectivity index (χ0n) is 9.34. The van der Waals surface area contributed by atoms with Crippen LogP contribution in [0.4, 0.5) is 5.69 Å². The Labute approximate surface area is 90.8 Å². The summed E-state index contributed by atoms with van der Waals surface area (Å²) in [4.78, 5) is 0. The Kier molecular flexibility index (Phi) is 3.11. The predicted octanol–water partition coefficient (Wildman–Crippen LogP) is 1.78. The zero-order valence-corrected chi connectivity index (χ0v) is 9.34. The third kappa shape index (κ3) is 2.42. The van der Waals surface area contributed by atoms with Crippen molar-refractivity contribution in [2.75, 3.05) is 25.0 Å². The highest BCUT2D eigenvalue weighted by Crippen LogP contribution is 2.22. The van der Waals surface area contributed by atoms with Gasteiger partial charge >= 0.3 is 0 Å². The molecule has 0 radical (unpaired) electrons. The van der Waals surface area contributed by atoms with Gasteiger partial charge < -0.3 is 15.4 Å². The largest absolute Gasteiger partial charge is 0.494 e. The molecule has 2 rings (SSSR count). The number of anilines is 1. The van der Waals surface area contributed by atoms with Gasteiger partial charge in [-0.3, -0.25) is 0 Å². The highest BCUT2D eigenvalue weighted by molar-refractivity contribution is 5.54. The van der Waals surface area contributed by atoms with Crippen LogP contribution in [0.15, 0.2) is 18.2 Å². The van der Waals surface area contributed by atoms with Crippen molar-refractivity contribution in [2.45, 2.75) is 19.9 Å². The lowest BCUT2D eigenvalue weighted by Gasteiger charge is -2.29. The Morgan fingerprint density at radius 3 is 2.80 bits per heavy atom. The Balaban J connectivity index is 2.04. The third-order valence-electron chi connectivity index (χ3n) is 2.65. The van der Waals surface area contributed by atoms with Crippen molar-refractivity contribution >= 4 is 5.69 Å².